The second-order valence-corrected chi connectivity index (χ2v) is 3.48. The topological polar surface area (TPSA) is 45.8 Å². The number of aryl methyl sites for hydroxylation is 1. The predicted molar refractivity (Wildman–Crippen MR) is 55.3 cm³/mol. The van der Waals surface area contributed by atoms with Crippen molar-refractivity contribution in [2.75, 3.05) is 0 Å². The lowest BCUT2D eigenvalue weighted by atomic mass is 10.3. The Morgan fingerprint density at radius 1 is 1.43 bits per heavy atom. The number of nitrogens with zero attached hydrogens (tertiary/aromatic N) is 1. The largest absolute Gasteiger partial charge is 0.342 e. The maximum Gasteiger partial charge on any atom is 0.222 e. The van der Waals surface area contributed by atoms with Crippen molar-refractivity contribution in [3.63, 3.8) is 0 Å². The fraction of sp³-hybridized carbons (Fsp3) is 0.200. The summed E-state index contributed by atoms with van der Waals surface area (Å²) >= 11 is 5.25. The van der Waals surface area contributed by atoms with Crippen molar-refractivity contribution in [1.82, 2.24) is 9.97 Å². The zero-order valence-electron chi connectivity index (χ0n) is 7.46. The first-order valence-corrected chi connectivity index (χ1v) is 4.75. The van der Waals surface area contributed by atoms with Crippen molar-refractivity contribution in [3.8, 4) is 0 Å². The van der Waals surface area contributed by atoms with Crippen molar-refractivity contribution in [2.45, 2.75) is 12.8 Å². The molecule has 0 aliphatic heterocycles. The summed E-state index contributed by atoms with van der Waals surface area (Å²) in [6.07, 6.45) is 0.887. The normalized spacial score (nSPS) is 10.6. The van der Waals surface area contributed by atoms with Gasteiger partial charge in [-0.15, -0.1) is 0 Å². The minimum Gasteiger partial charge on any atom is -0.342 e. The molecule has 2 aromatic rings. The Morgan fingerprint density at radius 3 is 2.93 bits per heavy atom. The molecule has 2 rings (SSSR count). The number of fused-ring (bicyclic) bond motifs is 1. The smallest absolute Gasteiger partial charge is 0.222 e. The molecule has 0 fully saturated rings. The molecule has 0 aliphatic rings. The Hall–Kier alpha value is -1.35. The van der Waals surface area contributed by atoms with E-state index in [4.69, 9.17) is 11.6 Å². The molecule has 0 bridgehead atoms. The van der Waals surface area contributed by atoms with Gasteiger partial charge in [-0.05, 0) is 23.7 Å². The van der Waals surface area contributed by atoms with E-state index in [2.05, 4.69) is 9.97 Å². The Balaban J connectivity index is 2.22. The maximum absolute atomic E-state index is 10.6. The van der Waals surface area contributed by atoms with Crippen LogP contribution in [0.15, 0.2) is 24.3 Å². The van der Waals surface area contributed by atoms with Crippen LogP contribution in [0.3, 0.4) is 0 Å². The number of carbonyl (C=O) groups excluding carboxylic acids is 1. The number of halogens is 1. The number of aromatic amines is 1. The summed E-state index contributed by atoms with van der Waals surface area (Å²) in [6, 6.07) is 7.75. The number of aromatic nitrogens is 2. The average Bonchev–Trinajstić information content (AvgIpc) is 2.57. The van der Waals surface area contributed by atoms with E-state index in [-0.39, 0.29) is 5.24 Å². The molecule has 72 valence electrons. The van der Waals surface area contributed by atoms with E-state index >= 15 is 0 Å². The van der Waals surface area contributed by atoms with Gasteiger partial charge in [0.25, 0.3) is 0 Å². The van der Waals surface area contributed by atoms with E-state index in [1.54, 1.807) is 0 Å². The molecule has 0 amide bonds. The molecule has 0 saturated carbocycles. The lowest BCUT2D eigenvalue weighted by Crippen LogP contribution is -1.93. The molecule has 0 unspecified atom stereocenters. The standard InChI is InChI=1S/C10H9ClN2O/c11-9(14)5-6-10-12-7-3-1-2-4-8(7)13-10/h1-4H,5-6H2,(H,12,13). The molecular weight excluding hydrogens is 200 g/mol. The molecule has 1 N–H and O–H groups in total. The molecule has 14 heavy (non-hydrogen) atoms. The van der Waals surface area contributed by atoms with Gasteiger partial charge in [-0.2, -0.15) is 0 Å². The zero-order chi connectivity index (χ0) is 9.97. The number of para-hydroxylation sites is 2. The van der Waals surface area contributed by atoms with Crippen LogP contribution in [0.4, 0.5) is 0 Å². The highest BCUT2D eigenvalue weighted by Crippen LogP contribution is 2.11. The SMILES string of the molecule is O=C(Cl)CCc1nc2ccccc2[nH]1. The molecule has 4 heteroatoms. The molecular formula is C10H9ClN2O. The second-order valence-electron chi connectivity index (χ2n) is 3.06. The van der Waals surface area contributed by atoms with Crippen molar-refractivity contribution >= 4 is 27.9 Å². The van der Waals surface area contributed by atoms with Crippen LogP contribution in [-0.4, -0.2) is 15.2 Å². The molecule has 1 aromatic heterocycles. The molecule has 3 nitrogen and oxygen atoms in total. The van der Waals surface area contributed by atoms with E-state index in [9.17, 15) is 4.79 Å². The summed E-state index contributed by atoms with van der Waals surface area (Å²) in [7, 11) is 0. The number of hydrogen-bond donors (Lipinski definition) is 1. The number of rotatable bonds is 3. The van der Waals surface area contributed by atoms with Gasteiger partial charge in [0.2, 0.25) is 5.24 Å². The van der Waals surface area contributed by atoms with Crippen LogP contribution in [0, 0.1) is 0 Å². The van der Waals surface area contributed by atoms with E-state index in [1.807, 2.05) is 24.3 Å². The maximum atomic E-state index is 10.6. The van der Waals surface area contributed by atoms with Gasteiger partial charge in [-0.1, -0.05) is 12.1 Å². The number of H-pyrrole nitrogens is 1. The average molecular weight is 209 g/mol. The summed E-state index contributed by atoms with van der Waals surface area (Å²) in [6.45, 7) is 0. The van der Waals surface area contributed by atoms with E-state index < -0.39 is 0 Å². The Kier molecular flexibility index (Phi) is 2.50. The van der Waals surface area contributed by atoms with Gasteiger partial charge in [0.1, 0.15) is 5.82 Å². The molecule has 0 aliphatic carbocycles. The highest BCUT2D eigenvalue weighted by Gasteiger charge is 2.03. The second kappa shape index (κ2) is 3.80. The highest BCUT2D eigenvalue weighted by molar-refractivity contribution is 6.63. The van der Waals surface area contributed by atoms with Crippen molar-refractivity contribution in [2.24, 2.45) is 0 Å². The number of benzene rings is 1. The fourth-order valence-corrected chi connectivity index (χ4v) is 1.44. The summed E-state index contributed by atoms with van der Waals surface area (Å²) in [5.74, 6) is 0.806. The van der Waals surface area contributed by atoms with Crippen molar-refractivity contribution < 1.29 is 4.79 Å². The van der Waals surface area contributed by atoms with Gasteiger partial charge in [0.05, 0.1) is 11.0 Å². The van der Waals surface area contributed by atoms with Gasteiger partial charge in [-0.3, -0.25) is 4.79 Å². The minimum absolute atomic E-state index is 0.321. The van der Waals surface area contributed by atoms with Crippen molar-refractivity contribution in [1.29, 1.82) is 0 Å². The van der Waals surface area contributed by atoms with Gasteiger partial charge in [-0.25, -0.2) is 4.98 Å². The third-order valence-electron chi connectivity index (χ3n) is 2.00. The summed E-state index contributed by atoms with van der Waals surface area (Å²) < 4.78 is 0. The first-order chi connectivity index (χ1) is 6.75. The third kappa shape index (κ3) is 1.93. The number of imidazole rings is 1. The van der Waals surface area contributed by atoms with Crippen LogP contribution in [0.5, 0.6) is 0 Å². The predicted octanol–water partition coefficient (Wildman–Crippen LogP) is 2.26. The molecule has 0 radical (unpaired) electrons. The molecule has 0 atom stereocenters. The molecule has 1 heterocycles. The first-order valence-electron chi connectivity index (χ1n) is 4.37. The quantitative estimate of drug-likeness (QED) is 0.787. The fourth-order valence-electron chi connectivity index (χ4n) is 1.34. The van der Waals surface area contributed by atoms with Gasteiger partial charge in [0, 0.05) is 12.8 Å². The van der Waals surface area contributed by atoms with Crippen LogP contribution in [-0.2, 0) is 11.2 Å². The Bertz CT molecular complexity index is 431. The van der Waals surface area contributed by atoms with Crippen LogP contribution in [0.25, 0.3) is 11.0 Å². The van der Waals surface area contributed by atoms with E-state index in [1.165, 1.54) is 0 Å². The Labute approximate surface area is 86.1 Å². The lowest BCUT2D eigenvalue weighted by Gasteiger charge is -1.89. The van der Waals surface area contributed by atoms with Crippen LogP contribution in [0.2, 0.25) is 0 Å². The van der Waals surface area contributed by atoms with Gasteiger partial charge in [0.15, 0.2) is 0 Å². The van der Waals surface area contributed by atoms with E-state index in [0.29, 0.717) is 12.8 Å². The number of hydrogen-bond acceptors (Lipinski definition) is 2. The van der Waals surface area contributed by atoms with Gasteiger partial charge >= 0.3 is 0 Å². The Morgan fingerprint density at radius 2 is 2.21 bits per heavy atom. The summed E-state index contributed by atoms with van der Waals surface area (Å²) in [4.78, 5) is 18.0. The minimum atomic E-state index is -0.328. The van der Waals surface area contributed by atoms with Crippen molar-refractivity contribution in [3.05, 3.63) is 30.1 Å². The molecule has 0 saturated heterocycles. The van der Waals surface area contributed by atoms with Gasteiger partial charge < -0.3 is 4.98 Å². The lowest BCUT2D eigenvalue weighted by molar-refractivity contribution is -0.111. The summed E-state index contributed by atoms with van der Waals surface area (Å²) in [5.41, 5.74) is 1.91. The zero-order valence-corrected chi connectivity index (χ0v) is 8.21. The highest BCUT2D eigenvalue weighted by atomic mass is 35.5. The molecule has 0 spiro atoms. The van der Waals surface area contributed by atoms with Crippen LogP contribution < -0.4 is 0 Å². The summed E-state index contributed by atoms with van der Waals surface area (Å²) in [5, 5.41) is -0.328. The number of carbonyl (C=O) groups is 1. The van der Waals surface area contributed by atoms with Crippen LogP contribution >= 0.6 is 11.6 Å². The molecule has 1 aromatic carbocycles. The number of nitrogens with one attached hydrogen (secondary N) is 1. The first kappa shape index (κ1) is 9.21. The third-order valence-corrected chi connectivity index (χ3v) is 2.19. The monoisotopic (exact) mass is 208 g/mol. The van der Waals surface area contributed by atoms with E-state index in [0.717, 1.165) is 16.9 Å². The van der Waals surface area contributed by atoms with Crippen LogP contribution in [0.1, 0.15) is 12.2 Å².